The second kappa shape index (κ2) is 10.3. The van der Waals surface area contributed by atoms with Crippen LogP contribution in [0.15, 0.2) is 67.9 Å². The van der Waals surface area contributed by atoms with Crippen molar-refractivity contribution in [1.82, 2.24) is 24.8 Å². The molecule has 188 valence electrons. The number of aromatic nitrogens is 4. The van der Waals surface area contributed by atoms with E-state index in [0.29, 0.717) is 45.4 Å². The maximum atomic E-state index is 13.8. The van der Waals surface area contributed by atoms with E-state index in [1.807, 2.05) is 25.2 Å². The molecule has 4 heterocycles. The van der Waals surface area contributed by atoms with E-state index in [0.717, 1.165) is 31.4 Å². The molecule has 9 nitrogen and oxygen atoms in total. The van der Waals surface area contributed by atoms with E-state index in [4.69, 9.17) is 0 Å². The van der Waals surface area contributed by atoms with Crippen LogP contribution in [-0.4, -0.2) is 64.0 Å². The molecular weight excluding hydrogens is 471 g/mol. The monoisotopic (exact) mass is 498 g/mol. The molecule has 1 aliphatic rings. The quantitative estimate of drug-likeness (QED) is 0.365. The van der Waals surface area contributed by atoms with Crippen LogP contribution < -0.4 is 15.5 Å². The number of nitrogens with one attached hydrogen (secondary N) is 2. The Kier molecular flexibility index (Phi) is 6.74. The number of halogens is 1. The molecule has 0 saturated carbocycles. The zero-order chi connectivity index (χ0) is 25.9. The lowest BCUT2D eigenvalue weighted by atomic mass is 10.1. The Morgan fingerprint density at radius 1 is 1.19 bits per heavy atom. The Morgan fingerprint density at radius 2 is 2.03 bits per heavy atom. The number of likely N-dealkylation sites (N-methyl/N-ethyl adjacent to an activating group) is 2. The van der Waals surface area contributed by atoms with Crippen LogP contribution in [-0.2, 0) is 4.79 Å². The molecule has 3 aromatic heterocycles. The average Bonchev–Trinajstić information content (AvgIpc) is 3.34. The molecule has 0 bridgehead atoms. The molecule has 1 amide bonds. The van der Waals surface area contributed by atoms with Gasteiger partial charge in [0.1, 0.15) is 5.82 Å². The van der Waals surface area contributed by atoms with Crippen LogP contribution in [0.3, 0.4) is 0 Å². The minimum absolute atomic E-state index is 0.293. The lowest BCUT2D eigenvalue weighted by molar-refractivity contribution is -0.111. The number of hydrogen-bond donors (Lipinski definition) is 2. The molecule has 0 aliphatic carbocycles. The van der Waals surface area contributed by atoms with Crippen LogP contribution in [0, 0.1) is 5.82 Å². The Morgan fingerprint density at radius 3 is 2.78 bits per heavy atom. The number of likely N-dealkylation sites (tertiary alicyclic amines) is 1. The molecule has 0 spiro atoms. The number of anilines is 4. The highest BCUT2D eigenvalue weighted by Crippen LogP contribution is 2.33. The summed E-state index contributed by atoms with van der Waals surface area (Å²) >= 11 is 0. The summed E-state index contributed by atoms with van der Waals surface area (Å²) in [5.74, 6) is -0.382. The first kappa shape index (κ1) is 24.3. The largest absolute Gasteiger partial charge is 0.369 e. The number of carbonyl (C=O) groups excluding carboxylic acids is 1. The summed E-state index contributed by atoms with van der Waals surface area (Å²) < 4.78 is 13.8. The van der Waals surface area contributed by atoms with Crippen molar-refractivity contribution in [1.29, 1.82) is 0 Å². The van der Waals surface area contributed by atoms with Crippen LogP contribution in [0.2, 0.25) is 0 Å². The highest BCUT2D eigenvalue weighted by atomic mass is 19.1. The van der Waals surface area contributed by atoms with Crippen LogP contribution >= 0.6 is 0 Å². The number of pyridine rings is 2. The Hall–Kier alpha value is -4.44. The van der Waals surface area contributed by atoms with Gasteiger partial charge in [0.2, 0.25) is 11.9 Å². The number of amides is 1. The first-order valence-electron chi connectivity index (χ1n) is 11.9. The zero-order valence-corrected chi connectivity index (χ0v) is 20.6. The van der Waals surface area contributed by atoms with E-state index in [1.54, 1.807) is 24.8 Å². The second-order valence-corrected chi connectivity index (χ2v) is 9.08. The minimum Gasteiger partial charge on any atom is -0.369 e. The Balaban J connectivity index is 1.48. The fourth-order valence-electron chi connectivity index (χ4n) is 4.54. The van der Waals surface area contributed by atoms with E-state index in [1.165, 1.54) is 12.1 Å². The van der Waals surface area contributed by atoms with Gasteiger partial charge in [-0.15, -0.1) is 0 Å². The summed E-state index contributed by atoms with van der Waals surface area (Å²) in [5.41, 5.74) is 4.09. The lowest BCUT2D eigenvalue weighted by Crippen LogP contribution is -2.34. The first-order chi connectivity index (χ1) is 17.9. The van der Waals surface area contributed by atoms with Gasteiger partial charge in [-0.3, -0.25) is 14.8 Å². The van der Waals surface area contributed by atoms with Gasteiger partial charge >= 0.3 is 0 Å². The van der Waals surface area contributed by atoms with Gasteiger partial charge in [0.05, 0.1) is 23.1 Å². The van der Waals surface area contributed by atoms with E-state index < -0.39 is 5.82 Å². The lowest BCUT2D eigenvalue weighted by Gasteiger charge is -2.29. The molecule has 0 radical (unpaired) electrons. The number of nitrogens with zero attached hydrogens (tertiary/aromatic N) is 6. The smallest absolute Gasteiger partial charge is 0.247 e. The fourth-order valence-corrected chi connectivity index (χ4v) is 4.54. The predicted molar refractivity (Wildman–Crippen MR) is 143 cm³/mol. The maximum Gasteiger partial charge on any atom is 0.247 e. The van der Waals surface area contributed by atoms with Crippen LogP contribution in [0.1, 0.15) is 6.42 Å². The van der Waals surface area contributed by atoms with Gasteiger partial charge in [0.15, 0.2) is 0 Å². The number of carbonyl (C=O) groups is 1. The number of hydrogen-bond acceptors (Lipinski definition) is 8. The van der Waals surface area contributed by atoms with Crippen molar-refractivity contribution in [2.24, 2.45) is 0 Å². The normalized spacial score (nSPS) is 15.5. The van der Waals surface area contributed by atoms with Gasteiger partial charge in [0, 0.05) is 66.6 Å². The molecule has 1 atom stereocenters. The Bertz CT molecular complexity index is 1480. The van der Waals surface area contributed by atoms with Gasteiger partial charge in [-0.2, -0.15) is 0 Å². The number of benzene rings is 1. The van der Waals surface area contributed by atoms with Crippen molar-refractivity contribution >= 4 is 39.8 Å². The SMILES string of the molecule is C=CC(=O)Nc1cc(Nc2ncc3cncc(-c4cncc(F)c4)c3n2)ccc1N(C)C1CCN(C)C1. The van der Waals surface area contributed by atoms with E-state index in [9.17, 15) is 9.18 Å². The third kappa shape index (κ3) is 5.24. The molecule has 10 heteroatoms. The molecule has 37 heavy (non-hydrogen) atoms. The van der Waals surface area contributed by atoms with Gasteiger partial charge < -0.3 is 20.4 Å². The zero-order valence-electron chi connectivity index (χ0n) is 20.6. The fraction of sp³-hybridized carbons (Fsp3) is 0.222. The van der Waals surface area contributed by atoms with E-state index >= 15 is 0 Å². The molecule has 1 unspecified atom stereocenters. The summed E-state index contributed by atoms with van der Waals surface area (Å²) in [5, 5.41) is 6.86. The van der Waals surface area contributed by atoms with Crippen molar-refractivity contribution in [2.75, 3.05) is 42.7 Å². The molecule has 1 saturated heterocycles. The summed E-state index contributed by atoms with van der Waals surface area (Å²) in [7, 11) is 4.15. The molecule has 2 N–H and O–H groups in total. The van der Waals surface area contributed by atoms with Crippen molar-refractivity contribution < 1.29 is 9.18 Å². The van der Waals surface area contributed by atoms with Gasteiger partial charge in [-0.25, -0.2) is 14.4 Å². The summed E-state index contributed by atoms with van der Waals surface area (Å²) in [6, 6.07) is 7.48. The molecular formula is C27H27FN8O. The molecule has 1 aliphatic heterocycles. The standard InChI is InChI=1S/C27H27FN8O/c1-4-25(37)33-23-10-20(5-6-24(23)36(3)21-7-8-35(2)16-21)32-27-31-13-18-12-30-15-22(26(18)34-27)17-9-19(28)14-29-11-17/h4-6,9-15,21H,1,7-8,16H2,2-3H3,(H,33,37)(H,31,32,34). The van der Waals surface area contributed by atoms with Crippen LogP contribution in [0.4, 0.5) is 27.4 Å². The number of fused-ring (bicyclic) bond motifs is 1. The third-order valence-electron chi connectivity index (χ3n) is 6.50. The van der Waals surface area contributed by atoms with E-state index in [-0.39, 0.29) is 5.91 Å². The maximum absolute atomic E-state index is 13.8. The van der Waals surface area contributed by atoms with E-state index in [2.05, 4.69) is 54.0 Å². The van der Waals surface area contributed by atoms with Gasteiger partial charge in [-0.05, 0) is 50.4 Å². The van der Waals surface area contributed by atoms with Crippen molar-refractivity contribution in [3.8, 4) is 11.1 Å². The van der Waals surface area contributed by atoms with Crippen molar-refractivity contribution in [3.05, 3.63) is 73.7 Å². The molecule has 5 rings (SSSR count). The summed E-state index contributed by atoms with van der Waals surface area (Å²) in [4.78, 5) is 34.0. The molecule has 4 aromatic rings. The molecule has 1 fully saturated rings. The third-order valence-corrected chi connectivity index (χ3v) is 6.50. The number of rotatable bonds is 7. The van der Waals surface area contributed by atoms with Gasteiger partial charge in [-0.1, -0.05) is 6.58 Å². The highest BCUT2D eigenvalue weighted by Gasteiger charge is 2.25. The Labute approximate surface area is 214 Å². The highest BCUT2D eigenvalue weighted by molar-refractivity contribution is 6.02. The predicted octanol–water partition coefficient (Wildman–Crippen LogP) is 4.23. The van der Waals surface area contributed by atoms with Crippen LogP contribution in [0.5, 0.6) is 0 Å². The van der Waals surface area contributed by atoms with Crippen molar-refractivity contribution in [2.45, 2.75) is 12.5 Å². The average molecular weight is 499 g/mol. The molecule has 1 aromatic carbocycles. The van der Waals surface area contributed by atoms with Crippen LogP contribution in [0.25, 0.3) is 22.0 Å². The summed E-state index contributed by atoms with van der Waals surface area (Å²) in [6.07, 6.45) is 9.96. The summed E-state index contributed by atoms with van der Waals surface area (Å²) in [6.45, 7) is 5.56. The van der Waals surface area contributed by atoms with Crippen molar-refractivity contribution in [3.63, 3.8) is 0 Å². The second-order valence-electron chi connectivity index (χ2n) is 9.08. The topological polar surface area (TPSA) is 99.2 Å². The first-order valence-corrected chi connectivity index (χ1v) is 11.9. The van der Waals surface area contributed by atoms with Gasteiger partial charge in [0.25, 0.3) is 0 Å². The minimum atomic E-state index is -0.440.